The minimum absolute atomic E-state index is 0.00814. The molecule has 20 heavy (non-hydrogen) atoms. The second-order valence-corrected chi connectivity index (χ2v) is 6.06. The van der Waals surface area contributed by atoms with Crippen LogP contribution < -0.4 is 15.4 Å². The number of carbonyl (C=O) groups excluding carboxylic acids is 1. The van der Waals surface area contributed by atoms with Crippen LogP contribution in [0.3, 0.4) is 0 Å². The zero-order valence-corrected chi connectivity index (χ0v) is 12.7. The van der Waals surface area contributed by atoms with Crippen LogP contribution in [0.2, 0.25) is 0 Å². The number of fused-ring (bicyclic) bond motifs is 1. The van der Waals surface area contributed by atoms with Gasteiger partial charge in [0.05, 0.1) is 6.04 Å². The molecule has 2 N–H and O–H groups in total. The Hall–Kier alpha value is -1.71. The molecule has 1 aliphatic heterocycles. The van der Waals surface area contributed by atoms with E-state index in [1.807, 2.05) is 26.0 Å². The van der Waals surface area contributed by atoms with E-state index in [0.29, 0.717) is 6.54 Å². The van der Waals surface area contributed by atoms with E-state index in [4.69, 9.17) is 4.74 Å². The van der Waals surface area contributed by atoms with Gasteiger partial charge < -0.3 is 15.4 Å². The molecule has 1 atom stereocenters. The van der Waals surface area contributed by atoms with E-state index in [1.165, 1.54) is 0 Å². The summed E-state index contributed by atoms with van der Waals surface area (Å²) in [6.07, 6.45) is 1.70. The lowest BCUT2D eigenvalue weighted by Crippen LogP contribution is -2.44. The van der Waals surface area contributed by atoms with Crippen LogP contribution in [0.1, 0.15) is 50.8 Å². The second kappa shape index (κ2) is 5.73. The average Bonchev–Trinajstić information content (AvgIpc) is 2.34. The molecule has 0 spiro atoms. The van der Waals surface area contributed by atoms with Gasteiger partial charge in [0.15, 0.2) is 0 Å². The summed E-state index contributed by atoms with van der Waals surface area (Å²) in [5.74, 6) is 0.877. The molecule has 4 heteroatoms. The normalized spacial score (nSPS) is 19.7. The lowest BCUT2D eigenvalue weighted by molar-refractivity contribution is 0.0678. The number of ether oxygens (including phenoxy) is 1. The number of hydrogen-bond donors (Lipinski definition) is 2. The third kappa shape index (κ3) is 3.44. The van der Waals surface area contributed by atoms with Crippen molar-refractivity contribution in [1.82, 2.24) is 10.6 Å². The molecule has 0 aromatic heterocycles. The van der Waals surface area contributed by atoms with Crippen molar-refractivity contribution in [2.75, 3.05) is 6.54 Å². The van der Waals surface area contributed by atoms with Crippen LogP contribution in [0, 0.1) is 6.92 Å². The number of benzene rings is 1. The molecule has 0 saturated heterocycles. The molecule has 0 unspecified atom stereocenters. The summed E-state index contributed by atoms with van der Waals surface area (Å²) in [6, 6.07) is 6.02. The van der Waals surface area contributed by atoms with Crippen LogP contribution in [0.4, 0.5) is 4.79 Å². The lowest BCUT2D eigenvalue weighted by Gasteiger charge is -2.38. The summed E-state index contributed by atoms with van der Waals surface area (Å²) in [6.45, 7) is 8.88. The first-order valence-electron chi connectivity index (χ1n) is 7.25. The number of aryl methyl sites for hydroxylation is 1. The highest BCUT2D eigenvalue weighted by Gasteiger charge is 2.34. The van der Waals surface area contributed by atoms with E-state index < -0.39 is 0 Å². The Balaban J connectivity index is 2.19. The van der Waals surface area contributed by atoms with Gasteiger partial charge >= 0.3 is 6.03 Å². The molecule has 0 bridgehead atoms. The largest absolute Gasteiger partial charge is 0.487 e. The van der Waals surface area contributed by atoms with Gasteiger partial charge in [-0.15, -0.1) is 0 Å². The number of rotatable bonds is 3. The molecule has 0 radical (unpaired) electrons. The smallest absolute Gasteiger partial charge is 0.315 e. The van der Waals surface area contributed by atoms with Crippen LogP contribution in [-0.2, 0) is 0 Å². The summed E-state index contributed by atoms with van der Waals surface area (Å²) in [7, 11) is 0. The van der Waals surface area contributed by atoms with Gasteiger partial charge in [0, 0.05) is 18.5 Å². The zero-order valence-electron chi connectivity index (χ0n) is 12.7. The molecule has 4 nitrogen and oxygen atoms in total. The van der Waals surface area contributed by atoms with Gasteiger partial charge in [-0.2, -0.15) is 0 Å². The molecule has 1 aromatic rings. The Kier molecular flexibility index (Phi) is 4.21. The first kappa shape index (κ1) is 14.7. The quantitative estimate of drug-likeness (QED) is 0.890. The summed E-state index contributed by atoms with van der Waals surface area (Å²) in [4.78, 5) is 11.9. The first-order chi connectivity index (χ1) is 9.41. The number of urea groups is 1. The maximum Gasteiger partial charge on any atom is 0.315 e. The molecule has 1 aromatic carbocycles. The van der Waals surface area contributed by atoms with Crippen molar-refractivity contribution in [2.45, 2.75) is 52.2 Å². The standard InChI is InChI=1S/C16H24N2O2/c1-5-8-17-15(19)18-13-10-16(3,4)20-14-9-11(2)6-7-12(13)14/h6-7,9,13H,5,8,10H2,1-4H3,(H2,17,18,19)/t13-/m0/s1. The first-order valence-corrected chi connectivity index (χ1v) is 7.25. The van der Waals surface area contributed by atoms with Crippen LogP contribution in [0.5, 0.6) is 5.75 Å². The highest BCUT2D eigenvalue weighted by molar-refractivity contribution is 5.74. The number of amides is 2. The summed E-state index contributed by atoms with van der Waals surface area (Å²) >= 11 is 0. The Morgan fingerprint density at radius 1 is 1.45 bits per heavy atom. The van der Waals surface area contributed by atoms with Gasteiger partial charge in [-0.3, -0.25) is 0 Å². The van der Waals surface area contributed by atoms with Crippen molar-refractivity contribution in [3.05, 3.63) is 29.3 Å². The highest BCUT2D eigenvalue weighted by Crippen LogP contribution is 2.39. The number of nitrogens with one attached hydrogen (secondary N) is 2. The minimum Gasteiger partial charge on any atom is -0.487 e. The summed E-state index contributed by atoms with van der Waals surface area (Å²) < 4.78 is 6.02. The predicted molar refractivity (Wildman–Crippen MR) is 80.1 cm³/mol. The molecule has 2 amide bonds. The lowest BCUT2D eigenvalue weighted by atomic mass is 9.89. The third-order valence-corrected chi connectivity index (χ3v) is 3.47. The van der Waals surface area contributed by atoms with E-state index in [9.17, 15) is 4.79 Å². The molecule has 1 aliphatic rings. The zero-order chi connectivity index (χ0) is 14.8. The van der Waals surface area contributed by atoms with Gasteiger partial charge in [0.2, 0.25) is 0 Å². The van der Waals surface area contributed by atoms with Crippen molar-refractivity contribution >= 4 is 6.03 Å². The molecular weight excluding hydrogens is 252 g/mol. The van der Waals surface area contributed by atoms with Crippen molar-refractivity contribution in [1.29, 1.82) is 0 Å². The van der Waals surface area contributed by atoms with E-state index >= 15 is 0 Å². The Morgan fingerprint density at radius 2 is 2.20 bits per heavy atom. The SMILES string of the molecule is CCCNC(=O)N[C@H]1CC(C)(C)Oc2cc(C)ccc21. The average molecular weight is 276 g/mol. The number of carbonyl (C=O) groups is 1. The van der Waals surface area contributed by atoms with Crippen LogP contribution in [0.15, 0.2) is 18.2 Å². The molecule has 1 heterocycles. The van der Waals surface area contributed by atoms with Gasteiger partial charge in [-0.25, -0.2) is 4.79 Å². The summed E-state index contributed by atoms with van der Waals surface area (Å²) in [5.41, 5.74) is 1.95. The molecule has 110 valence electrons. The fraction of sp³-hybridized carbons (Fsp3) is 0.562. The van der Waals surface area contributed by atoms with Crippen molar-refractivity contribution in [3.63, 3.8) is 0 Å². The van der Waals surface area contributed by atoms with E-state index in [1.54, 1.807) is 0 Å². The maximum atomic E-state index is 11.9. The van der Waals surface area contributed by atoms with Crippen molar-refractivity contribution in [3.8, 4) is 5.75 Å². The van der Waals surface area contributed by atoms with Crippen molar-refractivity contribution in [2.24, 2.45) is 0 Å². The minimum atomic E-state index is -0.274. The van der Waals surface area contributed by atoms with Crippen LogP contribution in [-0.4, -0.2) is 18.2 Å². The Bertz CT molecular complexity index is 497. The third-order valence-electron chi connectivity index (χ3n) is 3.47. The maximum absolute atomic E-state index is 11.9. The highest BCUT2D eigenvalue weighted by atomic mass is 16.5. The van der Waals surface area contributed by atoms with Crippen LogP contribution in [0.25, 0.3) is 0 Å². The predicted octanol–water partition coefficient (Wildman–Crippen LogP) is 3.31. The second-order valence-electron chi connectivity index (χ2n) is 6.06. The monoisotopic (exact) mass is 276 g/mol. The van der Waals surface area contributed by atoms with E-state index in [2.05, 4.69) is 30.5 Å². The molecule has 0 fully saturated rings. The van der Waals surface area contributed by atoms with Gasteiger partial charge in [-0.1, -0.05) is 19.1 Å². The van der Waals surface area contributed by atoms with Crippen LogP contribution >= 0.6 is 0 Å². The topological polar surface area (TPSA) is 50.4 Å². The fourth-order valence-corrected chi connectivity index (χ4v) is 2.54. The van der Waals surface area contributed by atoms with Gasteiger partial charge in [0.1, 0.15) is 11.4 Å². The fourth-order valence-electron chi connectivity index (χ4n) is 2.54. The Morgan fingerprint density at radius 3 is 2.90 bits per heavy atom. The van der Waals surface area contributed by atoms with E-state index in [0.717, 1.165) is 29.7 Å². The summed E-state index contributed by atoms with van der Waals surface area (Å²) in [5, 5.41) is 5.91. The Labute approximate surface area is 120 Å². The van der Waals surface area contributed by atoms with Crippen molar-refractivity contribution < 1.29 is 9.53 Å². The van der Waals surface area contributed by atoms with Gasteiger partial charge in [0.25, 0.3) is 0 Å². The molecular formula is C16H24N2O2. The molecule has 0 saturated carbocycles. The van der Waals surface area contributed by atoms with Gasteiger partial charge in [-0.05, 0) is 38.8 Å². The molecule has 2 rings (SSSR count). The van der Waals surface area contributed by atoms with E-state index in [-0.39, 0.29) is 17.7 Å². The molecule has 0 aliphatic carbocycles. The number of hydrogen-bond acceptors (Lipinski definition) is 2.